The molecule has 1 fully saturated rings. The fraction of sp³-hybridized carbons (Fsp3) is 0.647. The Kier molecular flexibility index (Phi) is 5.17. The van der Waals surface area contributed by atoms with Gasteiger partial charge in [-0.3, -0.25) is 0 Å². The van der Waals surface area contributed by atoms with Gasteiger partial charge in [0, 0.05) is 19.6 Å². The molecule has 1 unspecified atom stereocenters. The van der Waals surface area contributed by atoms with E-state index in [9.17, 15) is 4.39 Å². The van der Waals surface area contributed by atoms with Crippen molar-refractivity contribution in [1.82, 2.24) is 9.80 Å². The van der Waals surface area contributed by atoms with Gasteiger partial charge in [0.2, 0.25) is 0 Å². The smallest absolute Gasteiger partial charge is 0.123 e. The van der Waals surface area contributed by atoms with E-state index in [0.29, 0.717) is 5.41 Å². The summed E-state index contributed by atoms with van der Waals surface area (Å²) >= 11 is 0. The van der Waals surface area contributed by atoms with E-state index in [1.54, 1.807) is 12.1 Å². The Morgan fingerprint density at radius 1 is 1.30 bits per heavy atom. The summed E-state index contributed by atoms with van der Waals surface area (Å²) in [5, 5.41) is 0. The molecule has 2 nitrogen and oxygen atoms in total. The van der Waals surface area contributed by atoms with Gasteiger partial charge >= 0.3 is 0 Å². The van der Waals surface area contributed by atoms with E-state index in [0.717, 1.165) is 19.6 Å². The number of hydrogen-bond donors (Lipinski definition) is 0. The predicted molar refractivity (Wildman–Crippen MR) is 82.2 cm³/mol. The van der Waals surface area contributed by atoms with Gasteiger partial charge in [0.1, 0.15) is 5.82 Å². The number of likely N-dealkylation sites (tertiary alicyclic amines) is 1. The van der Waals surface area contributed by atoms with Crippen LogP contribution in [0.3, 0.4) is 0 Å². The van der Waals surface area contributed by atoms with Crippen LogP contribution in [0.5, 0.6) is 0 Å². The Morgan fingerprint density at radius 3 is 2.65 bits per heavy atom. The van der Waals surface area contributed by atoms with Gasteiger partial charge in [-0.1, -0.05) is 26.0 Å². The summed E-state index contributed by atoms with van der Waals surface area (Å²) in [6, 6.07) is 6.86. The Balaban J connectivity index is 1.89. The van der Waals surface area contributed by atoms with Crippen molar-refractivity contribution in [2.24, 2.45) is 5.41 Å². The molecule has 0 amide bonds. The summed E-state index contributed by atoms with van der Waals surface area (Å²) in [6.07, 6.45) is 2.60. The van der Waals surface area contributed by atoms with Gasteiger partial charge in [0.15, 0.2) is 0 Å². The van der Waals surface area contributed by atoms with Crippen molar-refractivity contribution in [1.29, 1.82) is 0 Å². The predicted octanol–water partition coefficient (Wildman–Crippen LogP) is 3.38. The summed E-state index contributed by atoms with van der Waals surface area (Å²) in [5.74, 6) is -0.158. The van der Waals surface area contributed by atoms with Crippen LogP contribution in [0, 0.1) is 11.2 Å². The molecular weight excluding hydrogens is 251 g/mol. The molecule has 1 aromatic rings. The summed E-state index contributed by atoms with van der Waals surface area (Å²) in [7, 11) is 2.17. The Bertz CT molecular complexity index is 418. The number of benzene rings is 1. The van der Waals surface area contributed by atoms with E-state index in [1.807, 2.05) is 12.1 Å². The van der Waals surface area contributed by atoms with E-state index in [-0.39, 0.29) is 5.82 Å². The average molecular weight is 278 g/mol. The van der Waals surface area contributed by atoms with Gasteiger partial charge in [0.05, 0.1) is 0 Å². The summed E-state index contributed by atoms with van der Waals surface area (Å²) in [4.78, 5) is 4.92. The zero-order valence-corrected chi connectivity index (χ0v) is 13.0. The van der Waals surface area contributed by atoms with E-state index >= 15 is 0 Å². The highest BCUT2D eigenvalue weighted by Crippen LogP contribution is 2.30. The maximum Gasteiger partial charge on any atom is 0.123 e. The monoisotopic (exact) mass is 278 g/mol. The largest absolute Gasteiger partial charge is 0.303 e. The Hall–Kier alpha value is -0.930. The van der Waals surface area contributed by atoms with E-state index in [4.69, 9.17) is 0 Å². The summed E-state index contributed by atoms with van der Waals surface area (Å²) in [6.45, 7) is 10.2. The first-order valence-electron chi connectivity index (χ1n) is 7.66. The highest BCUT2D eigenvalue weighted by molar-refractivity contribution is 5.15. The number of piperidine rings is 1. The third kappa shape index (κ3) is 4.29. The number of halogens is 1. The molecule has 0 saturated carbocycles. The fourth-order valence-electron chi connectivity index (χ4n) is 3.44. The van der Waals surface area contributed by atoms with Gasteiger partial charge in [-0.2, -0.15) is 0 Å². The van der Waals surface area contributed by atoms with Gasteiger partial charge in [-0.15, -0.1) is 0 Å². The third-order valence-electron chi connectivity index (χ3n) is 4.32. The lowest BCUT2D eigenvalue weighted by Crippen LogP contribution is -2.46. The molecule has 1 heterocycles. The van der Waals surface area contributed by atoms with Crippen molar-refractivity contribution >= 4 is 0 Å². The number of rotatable bonds is 5. The van der Waals surface area contributed by atoms with Crippen LogP contribution in [-0.4, -0.2) is 43.0 Å². The average Bonchev–Trinajstić information content (AvgIpc) is 2.40. The minimum atomic E-state index is -0.158. The summed E-state index contributed by atoms with van der Waals surface area (Å²) in [5.41, 5.74) is 1.56. The number of nitrogens with zero attached hydrogens (tertiary/aromatic N) is 2. The highest BCUT2D eigenvalue weighted by Gasteiger charge is 2.31. The molecule has 0 bridgehead atoms. The molecule has 0 aliphatic carbocycles. The van der Waals surface area contributed by atoms with Crippen molar-refractivity contribution in [2.75, 3.05) is 33.2 Å². The molecule has 0 aromatic heterocycles. The first-order valence-corrected chi connectivity index (χ1v) is 7.66. The standard InChI is InChI=1S/C17H27FN2/c1-4-20-11-5-10-17(2,14-20)13-19(3)12-15-6-8-16(18)9-7-15/h6-9H,4-5,10-14H2,1-3H3. The SMILES string of the molecule is CCN1CCCC(C)(CN(C)Cc2ccc(F)cc2)C1. The van der Waals surface area contributed by atoms with Crippen LogP contribution in [0.25, 0.3) is 0 Å². The second-order valence-electron chi connectivity index (χ2n) is 6.58. The maximum atomic E-state index is 12.9. The van der Waals surface area contributed by atoms with Crippen molar-refractivity contribution < 1.29 is 4.39 Å². The van der Waals surface area contributed by atoms with Crippen LogP contribution in [-0.2, 0) is 6.54 Å². The van der Waals surface area contributed by atoms with Crippen molar-refractivity contribution in [3.05, 3.63) is 35.6 Å². The van der Waals surface area contributed by atoms with Gasteiger partial charge in [0.25, 0.3) is 0 Å². The molecule has 1 aromatic carbocycles. The van der Waals surface area contributed by atoms with Crippen LogP contribution in [0.15, 0.2) is 24.3 Å². The van der Waals surface area contributed by atoms with E-state index in [2.05, 4.69) is 30.7 Å². The van der Waals surface area contributed by atoms with Crippen LogP contribution in [0.2, 0.25) is 0 Å². The fourth-order valence-corrected chi connectivity index (χ4v) is 3.44. The van der Waals surface area contributed by atoms with Crippen LogP contribution >= 0.6 is 0 Å². The molecule has 0 radical (unpaired) electrons. The molecule has 20 heavy (non-hydrogen) atoms. The van der Waals surface area contributed by atoms with Gasteiger partial charge in [-0.25, -0.2) is 4.39 Å². The minimum absolute atomic E-state index is 0.158. The van der Waals surface area contributed by atoms with Crippen LogP contribution in [0.1, 0.15) is 32.3 Å². The molecular formula is C17H27FN2. The molecule has 2 rings (SSSR count). The van der Waals surface area contributed by atoms with E-state index < -0.39 is 0 Å². The zero-order chi connectivity index (χ0) is 14.6. The first kappa shape index (κ1) is 15.5. The summed E-state index contributed by atoms with van der Waals surface area (Å²) < 4.78 is 12.9. The molecule has 1 aliphatic heterocycles. The lowest BCUT2D eigenvalue weighted by molar-refractivity contribution is 0.0721. The van der Waals surface area contributed by atoms with Crippen molar-refractivity contribution in [3.63, 3.8) is 0 Å². The lowest BCUT2D eigenvalue weighted by atomic mass is 9.81. The topological polar surface area (TPSA) is 6.48 Å². The van der Waals surface area contributed by atoms with Crippen LogP contribution < -0.4 is 0 Å². The Labute approximate surface area is 122 Å². The number of hydrogen-bond acceptors (Lipinski definition) is 2. The Morgan fingerprint density at radius 2 is 2.00 bits per heavy atom. The zero-order valence-electron chi connectivity index (χ0n) is 13.0. The third-order valence-corrected chi connectivity index (χ3v) is 4.32. The molecule has 0 N–H and O–H groups in total. The maximum absolute atomic E-state index is 12.9. The van der Waals surface area contributed by atoms with Gasteiger partial charge < -0.3 is 9.80 Å². The molecule has 3 heteroatoms. The quantitative estimate of drug-likeness (QED) is 0.814. The van der Waals surface area contributed by atoms with Gasteiger partial charge in [-0.05, 0) is 56.1 Å². The molecule has 0 spiro atoms. The lowest BCUT2D eigenvalue weighted by Gasteiger charge is -2.42. The second kappa shape index (κ2) is 6.68. The normalized spacial score (nSPS) is 24.2. The van der Waals surface area contributed by atoms with E-state index in [1.165, 1.54) is 31.5 Å². The first-order chi connectivity index (χ1) is 9.50. The minimum Gasteiger partial charge on any atom is -0.303 e. The van der Waals surface area contributed by atoms with Crippen molar-refractivity contribution in [2.45, 2.75) is 33.2 Å². The van der Waals surface area contributed by atoms with Crippen LogP contribution in [0.4, 0.5) is 4.39 Å². The molecule has 1 aliphatic rings. The highest BCUT2D eigenvalue weighted by atomic mass is 19.1. The molecule has 1 atom stereocenters. The van der Waals surface area contributed by atoms with Crippen molar-refractivity contribution in [3.8, 4) is 0 Å². The molecule has 1 saturated heterocycles. The second-order valence-corrected chi connectivity index (χ2v) is 6.58. The molecule has 112 valence electrons.